The summed E-state index contributed by atoms with van der Waals surface area (Å²) in [5.74, 6) is -1.19. The first-order valence-corrected chi connectivity index (χ1v) is 9.62. The van der Waals surface area contributed by atoms with E-state index in [-0.39, 0.29) is 24.3 Å². The van der Waals surface area contributed by atoms with Crippen molar-refractivity contribution in [2.24, 2.45) is 0 Å². The minimum atomic E-state index is -1.43. The second-order valence-electron chi connectivity index (χ2n) is 6.61. The predicted octanol–water partition coefficient (Wildman–Crippen LogP) is 1.61. The largest absolute Gasteiger partial charge is 0.479 e. The van der Waals surface area contributed by atoms with E-state index in [4.69, 9.17) is 0 Å². The molecule has 0 aliphatic carbocycles. The second kappa shape index (κ2) is 6.74. The summed E-state index contributed by atoms with van der Waals surface area (Å²) in [4.78, 5) is 37.2. The quantitative estimate of drug-likeness (QED) is 0.768. The smallest absolute Gasteiger partial charge is 0.345 e. The van der Waals surface area contributed by atoms with Crippen LogP contribution < -0.4 is 5.32 Å². The Morgan fingerprint density at radius 3 is 2.37 bits per heavy atom. The maximum Gasteiger partial charge on any atom is 0.345 e. The zero-order valence-corrected chi connectivity index (χ0v) is 15.2. The van der Waals surface area contributed by atoms with Crippen molar-refractivity contribution >= 4 is 29.5 Å². The molecule has 0 bridgehead atoms. The van der Waals surface area contributed by atoms with Crippen LogP contribution in [0.1, 0.15) is 11.1 Å². The Morgan fingerprint density at radius 1 is 1.11 bits per heavy atom. The van der Waals surface area contributed by atoms with Crippen molar-refractivity contribution in [3.05, 3.63) is 71.8 Å². The zero-order valence-electron chi connectivity index (χ0n) is 14.4. The monoisotopic (exact) mass is 382 g/mol. The van der Waals surface area contributed by atoms with Crippen LogP contribution in [0.3, 0.4) is 0 Å². The Labute approximate surface area is 160 Å². The van der Waals surface area contributed by atoms with Gasteiger partial charge in [0.2, 0.25) is 16.7 Å². The molecule has 27 heavy (non-hydrogen) atoms. The molecule has 2 saturated heterocycles. The third-order valence-corrected chi connectivity index (χ3v) is 6.53. The minimum Gasteiger partial charge on any atom is -0.479 e. The summed E-state index contributed by atoms with van der Waals surface area (Å²) in [6.07, 6.45) is 0.188. The number of carboxylic acids is 1. The molecule has 2 aromatic rings. The molecule has 0 radical (unpaired) electrons. The number of nitrogens with zero attached hydrogens (tertiary/aromatic N) is 1. The number of fused-ring (bicyclic) bond motifs is 1. The van der Waals surface area contributed by atoms with Crippen molar-refractivity contribution in [3.63, 3.8) is 0 Å². The summed E-state index contributed by atoms with van der Waals surface area (Å²) in [5.41, 5.74) is 1.43. The van der Waals surface area contributed by atoms with Crippen LogP contribution >= 0.6 is 11.8 Å². The highest BCUT2D eigenvalue weighted by atomic mass is 32.2. The Balaban J connectivity index is 1.51. The van der Waals surface area contributed by atoms with Gasteiger partial charge in [0, 0.05) is 5.75 Å². The van der Waals surface area contributed by atoms with Crippen molar-refractivity contribution in [2.75, 3.05) is 5.75 Å². The first-order chi connectivity index (χ1) is 13.0. The maximum absolute atomic E-state index is 12.8. The van der Waals surface area contributed by atoms with Crippen molar-refractivity contribution < 1.29 is 19.5 Å². The fraction of sp³-hybridized carbons (Fsp3) is 0.250. The highest BCUT2D eigenvalue weighted by molar-refractivity contribution is 8.01. The number of nitrogens with one attached hydrogen (secondary N) is 1. The van der Waals surface area contributed by atoms with E-state index in [9.17, 15) is 19.5 Å². The zero-order chi connectivity index (χ0) is 19.0. The van der Waals surface area contributed by atoms with Gasteiger partial charge >= 0.3 is 5.97 Å². The molecule has 0 aromatic heterocycles. The molecular formula is C20H18N2O4S. The Morgan fingerprint density at radius 2 is 1.74 bits per heavy atom. The fourth-order valence-corrected chi connectivity index (χ4v) is 5.26. The molecule has 2 heterocycles. The number of carbonyl (C=O) groups excluding carboxylic acids is 2. The molecule has 0 spiro atoms. The molecule has 6 nitrogen and oxygen atoms in total. The summed E-state index contributed by atoms with van der Waals surface area (Å²) in [7, 11) is 0. The molecule has 7 heteroatoms. The summed E-state index contributed by atoms with van der Waals surface area (Å²) in [5, 5.41) is 12.7. The number of aliphatic carboxylic acids is 1. The van der Waals surface area contributed by atoms with E-state index < -0.39 is 16.9 Å². The summed E-state index contributed by atoms with van der Waals surface area (Å²) in [6, 6.07) is 17.1. The summed E-state index contributed by atoms with van der Waals surface area (Å²) >= 11 is 1.22. The molecule has 2 N–H and O–H groups in total. The van der Waals surface area contributed by atoms with Crippen LogP contribution in [-0.2, 0) is 25.7 Å². The van der Waals surface area contributed by atoms with Gasteiger partial charge in [-0.15, -0.1) is 11.8 Å². The van der Waals surface area contributed by atoms with Crippen molar-refractivity contribution in [2.45, 2.75) is 23.4 Å². The Bertz CT molecular complexity index is 889. The molecule has 2 aliphatic heterocycles. The number of hydrogen-bond donors (Lipinski definition) is 2. The summed E-state index contributed by atoms with van der Waals surface area (Å²) < 4.78 is 0. The van der Waals surface area contributed by atoms with Crippen LogP contribution in [0.25, 0.3) is 0 Å². The van der Waals surface area contributed by atoms with Gasteiger partial charge in [0.25, 0.3) is 0 Å². The van der Waals surface area contributed by atoms with Gasteiger partial charge in [0.1, 0.15) is 6.04 Å². The predicted molar refractivity (Wildman–Crippen MR) is 101 cm³/mol. The van der Waals surface area contributed by atoms with E-state index in [1.54, 1.807) is 30.3 Å². The molecule has 2 amide bonds. The first-order valence-electron chi connectivity index (χ1n) is 8.63. The lowest BCUT2D eigenvalue weighted by molar-refractivity contribution is -0.167. The molecule has 138 valence electrons. The highest BCUT2D eigenvalue weighted by Crippen LogP contribution is 2.52. The molecule has 0 unspecified atom stereocenters. The van der Waals surface area contributed by atoms with Crippen LogP contribution in [0.15, 0.2) is 60.7 Å². The molecule has 2 aromatic carbocycles. The van der Waals surface area contributed by atoms with Gasteiger partial charge in [-0.2, -0.15) is 0 Å². The molecule has 2 aliphatic rings. The van der Waals surface area contributed by atoms with Crippen LogP contribution in [0, 0.1) is 0 Å². The Hall–Kier alpha value is -2.80. The van der Waals surface area contributed by atoms with Crippen LogP contribution in [-0.4, -0.2) is 45.6 Å². The van der Waals surface area contributed by atoms with Crippen LogP contribution in [0.4, 0.5) is 0 Å². The van der Waals surface area contributed by atoms with E-state index in [1.165, 1.54) is 16.7 Å². The number of hydrogen-bond acceptors (Lipinski definition) is 4. The number of amides is 2. The average Bonchev–Trinajstić information content (AvgIpc) is 3.05. The number of β-lactam (4-membered cyclic amide) rings is 1. The molecule has 0 saturated carbocycles. The topological polar surface area (TPSA) is 86.7 Å². The van der Waals surface area contributed by atoms with Gasteiger partial charge in [0.15, 0.2) is 0 Å². The van der Waals surface area contributed by atoms with E-state index in [1.807, 2.05) is 30.3 Å². The van der Waals surface area contributed by atoms with Gasteiger partial charge in [-0.1, -0.05) is 60.7 Å². The van der Waals surface area contributed by atoms with Crippen LogP contribution in [0.5, 0.6) is 0 Å². The van der Waals surface area contributed by atoms with Gasteiger partial charge in [0.05, 0.1) is 12.5 Å². The molecule has 2 fully saturated rings. The third kappa shape index (κ3) is 2.78. The molecule has 4 rings (SSSR count). The highest BCUT2D eigenvalue weighted by Gasteiger charge is 2.66. The van der Waals surface area contributed by atoms with Crippen molar-refractivity contribution in [1.82, 2.24) is 10.2 Å². The first kappa shape index (κ1) is 17.6. The van der Waals surface area contributed by atoms with E-state index in [0.29, 0.717) is 11.3 Å². The van der Waals surface area contributed by atoms with Gasteiger partial charge < -0.3 is 15.3 Å². The normalized spacial score (nSPS) is 26.2. The summed E-state index contributed by atoms with van der Waals surface area (Å²) in [6.45, 7) is 0. The van der Waals surface area contributed by atoms with E-state index in [2.05, 4.69) is 5.32 Å². The Kier molecular flexibility index (Phi) is 4.39. The third-order valence-electron chi connectivity index (χ3n) is 5.00. The number of thioether (sulfide) groups is 1. The fourth-order valence-electron chi connectivity index (χ4n) is 3.72. The molecular weight excluding hydrogens is 364 g/mol. The van der Waals surface area contributed by atoms with E-state index in [0.717, 1.165) is 5.56 Å². The maximum atomic E-state index is 12.8. The lowest BCUT2D eigenvalue weighted by Gasteiger charge is -2.48. The number of carbonyl (C=O) groups is 3. The van der Waals surface area contributed by atoms with Crippen LogP contribution in [0.2, 0.25) is 0 Å². The lowest BCUT2D eigenvalue weighted by Crippen LogP contribution is -2.73. The van der Waals surface area contributed by atoms with E-state index >= 15 is 0 Å². The minimum absolute atomic E-state index is 0.188. The van der Waals surface area contributed by atoms with Gasteiger partial charge in [-0.3, -0.25) is 9.59 Å². The van der Waals surface area contributed by atoms with Gasteiger partial charge in [-0.25, -0.2) is 4.79 Å². The lowest BCUT2D eigenvalue weighted by atomic mass is 9.90. The standard InChI is InChI=1S/C20H18N2O4S/c23-16(11-13-7-3-1-4-8-13)21-17-15-12-27-20(19(25)26,22(15)18(17)24)14-9-5-2-6-10-14/h1-10,15,17H,11-12H2,(H,21,23)(H,25,26)/t15-,17+,20-/m1/s1. The SMILES string of the molecule is O=C(Cc1ccccc1)N[C@@H]1C(=O)N2[C@@H]1CS[C@@]2(C(=O)O)c1ccccc1. The van der Waals surface area contributed by atoms with Crippen molar-refractivity contribution in [1.29, 1.82) is 0 Å². The molecule has 3 atom stereocenters. The number of rotatable bonds is 5. The second-order valence-corrected chi connectivity index (χ2v) is 7.82. The average molecular weight is 382 g/mol. The van der Waals surface area contributed by atoms with Gasteiger partial charge in [-0.05, 0) is 11.1 Å². The number of carboxylic acid groups (broad SMARTS) is 1. The van der Waals surface area contributed by atoms with Crippen molar-refractivity contribution in [3.8, 4) is 0 Å². The number of benzene rings is 2.